The lowest BCUT2D eigenvalue weighted by atomic mass is 9.75. The Hall–Kier alpha value is -0.840. The number of nitrogens with zero attached hydrogens (tertiary/aromatic N) is 3. The van der Waals surface area contributed by atoms with E-state index in [0.29, 0.717) is 5.95 Å². The fraction of sp³-hybridized carbons (Fsp3) is 0.714. The number of hydrogen-bond acceptors (Lipinski definition) is 4. The summed E-state index contributed by atoms with van der Waals surface area (Å²) in [6, 6.07) is 0. The van der Waals surface area contributed by atoms with E-state index in [1.54, 1.807) is 0 Å². The van der Waals surface area contributed by atoms with Crippen molar-refractivity contribution in [2.75, 3.05) is 30.4 Å². The van der Waals surface area contributed by atoms with Crippen molar-refractivity contribution in [3.8, 4) is 0 Å². The van der Waals surface area contributed by atoms with Crippen LogP contribution in [0, 0.1) is 11.8 Å². The summed E-state index contributed by atoms with van der Waals surface area (Å²) in [4.78, 5) is 11.3. The molecule has 4 nitrogen and oxygen atoms in total. The molecule has 2 aliphatic rings. The highest BCUT2D eigenvalue weighted by atomic mass is 79.9. The maximum Gasteiger partial charge on any atom is 0.224 e. The number of fused-ring (bicyclic) bond motifs is 1. The summed E-state index contributed by atoms with van der Waals surface area (Å²) in [5, 5.41) is 3.02. The van der Waals surface area contributed by atoms with Gasteiger partial charge in [-0.15, -0.1) is 0 Å². The Bertz CT molecular complexity index is 451. The molecule has 0 radical (unpaired) electrons. The van der Waals surface area contributed by atoms with Crippen molar-refractivity contribution in [3.05, 3.63) is 10.7 Å². The van der Waals surface area contributed by atoms with Crippen LogP contribution in [0.5, 0.6) is 0 Å². The van der Waals surface area contributed by atoms with Crippen LogP contribution in [0.3, 0.4) is 0 Å². The van der Waals surface area contributed by atoms with Crippen molar-refractivity contribution < 1.29 is 0 Å². The molecule has 0 spiro atoms. The first-order valence-electron chi connectivity index (χ1n) is 7.23. The van der Waals surface area contributed by atoms with E-state index in [-0.39, 0.29) is 0 Å². The van der Waals surface area contributed by atoms with Gasteiger partial charge in [0.05, 0.1) is 4.47 Å². The van der Waals surface area contributed by atoms with E-state index in [9.17, 15) is 0 Å². The molecular weight excluding hydrogens is 304 g/mol. The molecule has 1 aliphatic carbocycles. The fourth-order valence-corrected chi connectivity index (χ4v) is 3.94. The predicted octanol–water partition coefficient (Wildman–Crippen LogP) is 3.30. The van der Waals surface area contributed by atoms with Gasteiger partial charge >= 0.3 is 0 Å². The minimum Gasteiger partial charge on any atom is -0.357 e. The second-order valence-corrected chi connectivity index (χ2v) is 6.51. The summed E-state index contributed by atoms with van der Waals surface area (Å²) < 4.78 is 1.00. The smallest absolute Gasteiger partial charge is 0.224 e. The lowest BCUT2D eigenvalue weighted by Crippen LogP contribution is -2.42. The largest absolute Gasteiger partial charge is 0.357 e. The third kappa shape index (κ3) is 2.71. The molecular formula is C14H21BrN4. The zero-order valence-electron chi connectivity index (χ0n) is 11.4. The minimum absolute atomic E-state index is 0.698. The molecule has 0 amide bonds. The third-order valence-electron chi connectivity index (χ3n) is 4.54. The van der Waals surface area contributed by atoms with E-state index in [1.807, 2.05) is 13.2 Å². The molecule has 19 heavy (non-hydrogen) atoms. The maximum absolute atomic E-state index is 4.61. The molecule has 1 aromatic rings. The quantitative estimate of drug-likeness (QED) is 0.906. The zero-order chi connectivity index (χ0) is 13.2. The second-order valence-electron chi connectivity index (χ2n) is 5.65. The van der Waals surface area contributed by atoms with Crippen LogP contribution in [-0.4, -0.2) is 30.1 Å². The van der Waals surface area contributed by atoms with Gasteiger partial charge in [0.1, 0.15) is 5.82 Å². The molecule has 1 saturated heterocycles. The average Bonchev–Trinajstić information content (AvgIpc) is 2.47. The third-order valence-corrected chi connectivity index (χ3v) is 5.10. The van der Waals surface area contributed by atoms with Crippen LogP contribution in [-0.2, 0) is 0 Å². The maximum atomic E-state index is 4.61. The molecule has 0 aromatic carbocycles. The number of piperidine rings is 1. The van der Waals surface area contributed by atoms with Crippen molar-refractivity contribution in [3.63, 3.8) is 0 Å². The van der Waals surface area contributed by atoms with Gasteiger partial charge < -0.3 is 10.2 Å². The van der Waals surface area contributed by atoms with E-state index in [2.05, 4.69) is 36.1 Å². The topological polar surface area (TPSA) is 41.1 Å². The lowest BCUT2D eigenvalue weighted by molar-refractivity contribution is 0.202. The van der Waals surface area contributed by atoms with Crippen LogP contribution in [0.4, 0.5) is 11.8 Å². The molecule has 2 atom stereocenters. The van der Waals surface area contributed by atoms with Crippen LogP contribution in [0.2, 0.25) is 0 Å². The Morgan fingerprint density at radius 1 is 1.26 bits per heavy atom. The van der Waals surface area contributed by atoms with E-state index in [1.165, 1.54) is 32.1 Å². The second kappa shape index (κ2) is 5.65. The summed E-state index contributed by atoms with van der Waals surface area (Å²) in [5.41, 5.74) is 0. The van der Waals surface area contributed by atoms with E-state index >= 15 is 0 Å². The van der Waals surface area contributed by atoms with Gasteiger partial charge in [-0.25, -0.2) is 4.98 Å². The number of halogens is 1. The van der Waals surface area contributed by atoms with Gasteiger partial charge in [0.25, 0.3) is 0 Å². The van der Waals surface area contributed by atoms with E-state index in [0.717, 1.165) is 35.2 Å². The molecule has 1 aliphatic heterocycles. The Morgan fingerprint density at radius 3 is 2.84 bits per heavy atom. The summed E-state index contributed by atoms with van der Waals surface area (Å²) in [6.45, 7) is 2.28. The molecule has 2 unspecified atom stereocenters. The summed E-state index contributed by atoms with van der Waals surface area (Å²) in [7, 11) is 1.86. The first-order chi connectivity index (χ1) is 9.28. The van der Waals surface area contributed by atoms with Gasteiger partial charge in [-0.2, -0.15) is 4.98 Å². The highest BCUT2D eigenvalue weighted by Crippen LogP contribution is 2.38. The number of hydrogen-bond donors (Lipinski definition) is 1. The van der Waals surface area contributed by atoms with Crippen molar-refractivity contribution in [1.29, 1.82) is 0 Å². The predicted molar refractivity (Wildman–Crippen MR) is 81.6 cm³/mol. The Labute approximate surface area is 123 Å². The molecule has 2 fully saturated rings. The Kier molecular flexibility index (Phi) is 3.91. The summed E-state index contributed by atoms with van der Waals surface area (Å²) >= 11 is 3.59. The molecule has 1 saturated carbocycles. The fourth-order valence-electron chi connectivity index (χ4n) is 3.49. The number of rotatable bonds is 2. The normalized spacial score (nSPS) is 26.9. The highest BCUT2D eigenvalue weighted by molar-refractivity contribution is 9.10. The molecule has 1 N–H and O–H groups in total. The lowest BCUT2D eigenvalue weighted by Gasteiger charge is -2.42. The molecule has 5 heteroatoms. The van der Waals surface area contributed by atoms with Crippen molar-refractivity contribution in [1.82, 2.24) is 9.97 Å². The van der Waals surface area contributed by atoms with Crippen LogP contribution in [0.25, 0.3) is 0 Å². The first kappa shape index (κ1) is 13.2. The van der Waals surface area contributed by atoms with E-state index < -0.39 is 0 Å². The first-order valence-corrected chi connectivity index (χ1v) is 8.02. The summed E-state index contributed by atoms with van der Waals surface area (Å²) in [6.07, 6.45) is 8.83. The van der Waals surface area contributed by atoms with Gasteiger partial charge in [-0.05, 0) is 40.6 Å². The average molecular weight is 325 g/mol. The number of anilines is 2. The molecule has 1 aromatic heterocycles. The standard InChI is InChI=1S/C14H21BrN4/c1-16-14-17-8-12(15)13(18-14)19-7-6-10-4-2-3-5-11(10)9-19/h8,10-11H,2-7,9H2,1H3,(H,16,17,18). The molecule has 2 heterocycles. The molecule has 0 bridgehead atoms. The minimum atomic E-state index is 0.698. The van der Waals surface area contributed by atoms with Crippen LogP contribution < -0.4 is 10.2 Å². The van der Waals surface area contributed by atoms with Crippen LogP contribution in [0.15, 0.2) is 10.7 Å². The Morgan fingerprint density at radius 2 is 2.05 bits per heavy atom. The van der Waals surface area contributed by atoms with Gasteiger partial charge in [-0.1, -0.05) is 19.3 Å². The number of nitrogens with one attached hydrogen (secondary N) is 1. The SMILES string of the molecule is CNc1ncc(Br)c(N2CCC3CCCCC3C2)n1. The number of aromatic nitrogens is 2. The zero-order valence-corrected chi connectivity index (χ0v) is 13.0. The van der Waals surface area contributed by atoms with Crippen molar-refractivity contribution in [2.45, 2.75) is 32.1 Å². The monoisotopic (exact) mass is 324 g/mol. The van der Waals surface area contributed by atoms with Gasteiger partial charge in [-0.3, -0.25) is 0 Å². The van der Waals surface area contributed by atoms with Gasteiger partial charge in [0.2, 0.25) is 5.95 Å². The Balaban J connectivity index is 1.79. The summed E-state index contributed by atoms with van der Waals surface area (Å²) in [5.74, 6) is 3.56. The molecule has 104 valence electrons. The van der Waals surface area contributed by atoms with Crippen LogP contribution >= 0.6 is 15.9 Å². The van der Waals surface area contributed by atoms with Crippen molar-refractivity contribution >= 4 is 27.7 Å². The van der Waals surface area contributed by atoms with Crippen LogP contribution in [0.1, 0.15) is 32.1 Å². The molecule has 3 rings (SSSR count). The van der Waals surface area contributed by atoms with E-state index in [4.69, 9.17) is 0 Å². The van der Waals surface area contributed by atoms with Gasteiger partial charge in [0, 0.05) is 26.3 Å². The van der Waals surface area contributed by atoms with Gasteiger partial charge in [0.15, 0.2) is 0 Å². The highest BCUT2D eigenvalue weighted by Gasteiger charge is 2.32. The van der Waals surface area contributed by atoms with Crippen molar-refractivity contribution in [2.24, 2.45) is 11.8 Å².